The quantitative estimate of drug-likeness (QED) is 0.677. The van der Waals surface area contributed by atoms with Gasteiger partial charge in [0, 0.05) is 38.4 Å². The molecule has 3 aromatic rings. The summed E-state index contributed by atoms with van der Waals surface area (Å²) in [5, 5.41) is 3.92. The number of rotatable bonds is 5. The van der Waals surface area contributed by atoms with Gasteiger partial charge in [0.25, 0.3) is 0 Å². The first-order valence-electron chi connectivity index (χ1n) is 6.85. The van der Waals surface area contributed by atoms with Crippen molar-refractivity contribution < 1.29 is 4.52 Å². The van der Waals surface area contributed by atoms with E-state index in [-0.39, 0.29) is 0 Å². The van der Waals surface area contributed by atoms with Crippen LogP contribution in [-0.4, -0.2) is 30.6 Å². The van der Waals surface area contributed by atoms with Gasteiger partial charge in [-0.2, -0.15) is 4.98 Å². The summed E-state index contributed by atoms with van der Waals surface area (Å²) in [6, 6.07) is 1.96. The van der Waals surface area contributed by atoms with E-state index in [4.69, 9.17) is 16.1 Å². The van der Waals surface area contributed by atoms with E-state index in [2.05, 4.69) is 24.7 Å². The van der Waals surface area contributed by atoms with E-state index < -0.39 is 0 Å². The minimum atomic E-state index is 0.531. The first-order valence-corrected chi connectivity index (χ1v) is 7.38. The molecule has 0 saturated heterocycles. The SMILES string of the molecule is Cc1nc(CCn2c(CCCl)nc3c(C)ccnc32)no1. The highest BCUT2D eigenvalue weighted by Gasteiger charge is 2.14. The van der Waals surface area contributed by atoms with Gasteiger partial charge in [-0.3, -0.25) is 0 Å². The highest BCUT2D eigenvalue weighted by atomic mass is 35.5. The Hall–Kier alpha value is -1.95. The number of aromatic nitrogens is 5. The Labute approximate surface area is 127 Å². The summed E-state index contributed by atoms with van der Waals surface area (Å²) in [7, 11) is 0. The predicted octanol–water partition coefficient (Wildman–Crippen LogP) is 2.46. The third kappa shape index (κ3) is 2.76. The topological polar surface area (TPSA) is 69.6 Å². The van der Waals surface area contributed by atoms with Crippen LogP contribution in [0.1, 0.15) is 23.1 Å². The molecule has 7 heteroatoms. The van der Waals surface area contributed by atoms with Crippen LogP contribution in [-0.2, 0) is 19.4 Å². The van der Waals surface area contributed by atoms with Crippen molar-refractivity contribution >= 4 is 22.8 Å². The Bertz CT molecular complexity index is 764. The summed E-state index contributed by atoms with van der Waals surface area (Å²) in [5.74, 6) is 2.75. The maximum Gasteiger partial charge on any atom is 0.223 e. The molecule has 0 radical (unpaired) electrons. The van der Waals surface area contributed by atoms with Crippen LogP contribution in [0.3, 0.4) is 0 Å². The number of pyridine rings is 1. The van der Waals surface area contributed by atoms with E-state index in [1.54, 1.807) is 13.1 Å². The van der Waals surface area contributed by atoms with Crippen molar-refractivity contribution in [2.24, 2.45) is 0 Å². The molecule has 0 saturated carbocycles. The average molecular weight is 306 g/mol. The molecule has 110 valence electrons. The van der Waals surface area contributed by atoms with Crippen LogP contribution in [0.4, 0.5) is 0 Å². The summed E-state index contributed by atoms with van der Waals surface area (Å²) in [6.07, 6.45) is 3.19. The molecule has 21 heavy (non-hydrogen) atoms. The van der Waals surface area contributed by atoms with Crippen molar-refractivity contribution in [2.45, 2.75) is 33.2 Å². The van der Waals surface area contributed by atoms with Crippen LogP contribution >= 0.6 is 11.6 Å². The van der Waals surface area contributed by atoms with Gasteiger partial charge in [0.05, 0.1) is 0 Å². The molecule has 0 bridgehead atoms. The number of nitrogens with zero attached hydrogens (tertiary/aromatic N) is 5. The zero-order chi connectivity index (χ0) is 14.8. The Morgan fingerprint density at radius 3 is 2.81 bits per heavy atom. The van der Waals surface area contributed by atoms with Crippen molar-refractivity contribution in [3.63, 3.8) is 0 Å². The van der Waals surface area contributed by atoms with Gasteiger partial charge in [0.2, 0.25) is 5.89 Å². The number of hydrogen-bond donors (Lipinski definition) is 0. The van der Waals surface area contributed by atoms with E-state index in [0.29, 0.717) is 37.0 Å². The van der Waals surface area contributed by atoms with Gasteiger partial charge in [0.1, 0.15) is 11.3 Å². The lowest BCUT2D eigenvalue weighted by Crippen LogP contribution is -2.08. The zero-order valence-corrected chi connectivity index (χ0v) is 12.8. The van der Waals surface area contributed by atoms with Gasteiger partial charge >= 0.3 is 0 Å². The molecular weight excluding hydrogens is 290 g/mol. The summed E-state index contributed by atoms with van der Waals surface area (Å²) in [6.45, 7) is 4.53. The van der Waals surface area contributed by atoms with Crippen molar-refractivity contribution in [1.82, 2.24) is 24.7 Å². The smallest absolute Gasteiger partial charge is 0.223 e. The molecule has 3 aromatic heterocycles. The molecular formula is C14H16ClN5O. The monoisotopic (exact) mass is 305 g/mol. The van der Waals surface area contributed by atoms with Gasteiger partial charge in [-0.05, 0) is 18.6 Å². The number of alkyl halides is 1. The van der Waals surface area contributed by atoms with E-state index in [0.717, 1.165) is 22.6 Å². The fourth-order valence-corrected chi connectivity index (χ4v) is 2.52. The lowest BCUT2D eigenvalue weighted by molar-refractivity contribution is 0.386. The minimum absolute atomic E-state index is 0.531. The fraction of sp³-hybridized carbons (Fsp3) is 0.429. The Balaban J connectivity index is 1.95. The van der Waals surface area contributed by atoms with Crippen LogP contribution in [0, 0.1) is 13.8 Å². The largest absolute Gasteiger partial charge is 0.340 e. The van der Waals surface area contributed by atoms with Gasteiger partial charge in [-0.25, -0.2) is 9.97 Å². The zero-order valence-electron chi connectivity index (χ0n) is 12.0. The van der Waals surface area contributed by atoms with Crippen LogP contribution in [0.5, 0.6) is 0 Å². The van der Waals surface area contributed by atoms with E-state index in [9.17, 15) is 0 Å². The summed E-state index contributed by atoms with van der Waals surface area (Å²) < 4.78 is 7.09. The summed E-state index contributed by atoms with van der Waals surface area (Å²) >= 11 is 5.88. The average Bonchev–Trinajstić information content (AvgIpc) is 3.02. The fourth-order valence-electron chi connectivity index (χ4n) is 2.35. The molecule has 0 atom stereocenters. The van der Waals surface area contributed by atoms with Crippen LogP contribution in [0.15, 0.2) is 16.8 Å². The molecule has 0 aliphatic heterocycles. The highest BCUT2D eigenvalue weighted by Crippen LogP contribution is 2.18. The molecule has 3 heterocycles. The molecule has 0 aliphatic carbocycles. The molecule has 0 amide bonds. The van der Waals surface area contributed by atoms with Crippen molar-refractivity contribution in [3.05, 3.63) is 35.4 Å². The number of aryl methyl sites for hydroxylation is 5. The standard InChI is InChI=1S/C14H16ClN5O/c1-9-4-7-16-14-13(9)18-12(3-6-15)20(14)8-5-11-17-10(2)21-19-11/h4,7H,3,5-6,8H2,1-2H3. The molecule has 0 aliphatic rings. The number of imidazole rings is 1. The number of fused-ring (bicyclic) bond motifs is 1. The lowest BCUT2D eigenvalue weighted by Gasteiger charge is -2.06. The van der Waals surface area contributed by atoms with E-state index >= 15 is 0 Å². The van der Waals surface area contributed by atoms with Crippen LogP contribution in [0.25, 0.3) is 11.2 Å². The first-order chi connectivity index (χ1) is 10.2. The minimum Gasteiger partial charge on any atom is -0.340 e. The van der Waals surface area contributed by atoms with Crippen molar-refractivity contribution in [3.8, 4) is 0 Å². The molecule has 0 fully saturated rings. The lowest BCUT2D eigenvalue weighted by atomic mass is 10.3. The second kappa shape index (κ2) is 5.81. The summed E-state index contributed by atoms with van der Waals surface area (Å²) in [5.41, 5.74) is 2.93. The normalized spacial score (nSPS) is 11.4. The maximum absolute atomic E-state index is 5.88. The second-order valence-corrected chi connectivity index (χ2v) is 5.28. The summed E-state index contributed by atoms with van der Waals surface area (Å²) in [4.78, 5) is 13.4. The predicted molar refractivity (Wildman–Crippen MR) is 79.4 cm³/mol. The molecule has 6 nitrogen and oxygen atoms in total. The van der Waals surface area contributed by atoms with Crippen molar-refractivity contribution in [2.75, 3.05) is 5.88 Å². The second-order valence-electron chi connectivity index (χ2n) is 4.90. The van der Waals surface area contributed by atoms with E-state index in [1.165, 1.54) is 0 Å². The van der Waals surface area contributed by atoms with Gasteiger partial charge in [0.15, 0.2) is 11.5 Å². The van der Waals surface area contributed by atoms with Crippen LogP contribution in [0.2, 0.25) is 0 Å². The Morgan fingerprint density at radius 1 is 1.24 bits per heavy atom. The van der Waals surface area contributed by atoms with Gasteiger partial charge in [-0.15, -0.1) is 11.6 Å². The first kappa shape index (κ1) is 14.0. The molecule has 0 N–H and O–H groups in total. The highest BCUT2D eigenvalue weighted by molar-refractivity contribution is 6.17. The molecule has 3 rings (SSSR count). The van der Waals surface area contributed by atoms with E-state index in [1.807, 2.05) is 13.0 Å². The molecule has 0 aromatic carbocycles. The third-order valence-electron chi connectivity index (χ3n) is 3.36. The molecule has 0 spiro atoms. The number of hydrogen-bond acceptors (Lipinski definition) is 5. The Kier molecular flexibility index (Phi) is 3.88. The third-order valence-corrected chi connectivity index (χ3v) is 3.55. The van der Waals surface area contributed by atoms with Gasteiger partial charge in [-0.1, -0.05) is 5.16 Å². The number of halogens is 1. The van der Waals surface area contributed by atoms with Gasteiger partial charge < -0.3 is 9.09 Å². The molecule has 0 unspecified atom stereocenters. The Morgan fingerprint density at radius 2 is 2.10 bits per heavy atom. The van der Waals surface area contributed by atoms with Crippen LogP contribution < -0.4 is 0 Å². The maximum atomic E-state index is 5.88. The van der Waals surface area contributed by atoms with Crippen molar-refractivity contribution in [1.29, 1.82) is 0 Å².